The van der Waals surface area contributed by atoms with Gasteiger partial charge in [0.25, 0.3) is 5.82 Å². The van der Waals surface area contributed by atoms with Crippen molar-refractivity contribution in [1.29, 1.82) is 0 Å². The Morgan fingerprint density at radius 2 is 2.05 bits per heavy atom. The van der Waals surface area contributed by atoms with E-state index in [9.17, 15) is 13.2 Å². The van der Waals surface area contributed by atoms with Crippen molar-refractivity contribution in [2.45, 2.75) is 32.0 Å². The largest absolute Gasteiger partial charge is 0.453 e. The average molecular weight is 271 g/mol. The van der Waals surface area contributed by atoms with Gasteiger partial charge in [-0.1, -0.05) is 0 Å². The molecule has 5 nitrogen and oxygen atoms in total. The van der Waals surface area contributed by atoms with Crippen LogP contribution < -0.4 is 5.32 Å². The fraction of sp³-hybridized carbons (Fsp3) is 0.545. The summed E-state index contributed by atoms with van der Waals surface area (Å²) in [4.78, 5) is 0. The van der Waals surface area contributed by atoms with Crippen molar-refractivity contribution in [3.63, 3.8) is 0 Å². The highest BCUT2D eigenvalue weighted by atomic mass is 19.4. The molecule has 2 aromatic rings. The van der Waals surface area contributed by atoms with E-state index in [2.05, 4.69) is 20.6 Å². The van der Waals surface area contributed by atoms with Crippen LogP contribution in [0.15, 0.2) is 12.1 Å². The molecular formula is C11H12F3N5. The Labute approximate surface area is 106 Å². The molecule has 1 N–H and O–H groups in total. The number of alkyl halides is 3. The number of nitrogens with zero attached hydrogens (tertiary/aromatic N) is 4. The zero-order valence-corrected chi connectivity index (χ0v) is 10.1. The molecule has 0 saturated heterocycles. The van der Waals surface area contributed by atoms with Crippen LogP contribution in [0.3, 0.4) is 0 Å². The zero-order chi connectivity index (χ0) is 13.6. The van der Waals surface area contributed by atoms with Crippen molar-refractivity contribution in [2.24, 2.45) is 5.92 Å². The van der Waals surface area contributed by atoms with E-state index in [1.807, 2.05) is 6.92 Å². The summed E-state index contributed by atoms with van der Waals surface area (Å²) in [6.07, 6.45) is -2.26. The zero-order valence-electron chi connectivity index (χ0n) is 10.1. The average Bonchev–Trinajstić information content (AvgIpc) is 3.08. The van der Waals surface area contributed by atoms with E-state index in [-0.39, 0.29) is 11.7 Å². The first-order valence-electron chi connectivity index (χ1n) is 6.01. The second kappa shape index (κ2) is 4.07. The minimum Gasteiger partial charge on any atom is -0.366 e. The van der Waals surface area contributed by atoms with Crippen LogP contribution >= 0.6 is 0 Å². The van der Waals surface area contributed by atoms with E-state index in [1.54, 1.807) is 6.07 Å². The normalized spacial score (nSPS) is 17.7. The van der Waals surface area contributed by atoms with E-state index < -0.39 is 12.0 Å². The van der Waals surface area contributed by atoms with E-state index in [1.165, 1.54) is 6.07 Å². The van der Waals surface area contributed by atoms with Gasteiger partial charge < -0.3 is 5.32 Å². The van der Waals surface area contributed by atoms with Gasteiger partial charge in [-0.25, -0.2) is 0 Å². The summed E-state index contributed by atoms with van der Waals surface area (Å²) in [5.41, 5.74) is 0.0805. The predicted molar refractivity (Wildman–Crippen MR) is 61.6 cm³/mol. The lowest BCUT2D eigenvalue weighted by Crippen LogP contribution is -2.19. The topological polar surface area (TPSA) is 55.1 Å². The number of nitrogens with one attached hydrogen (secondary N) is 1. The van der Waals surface area contributed by atoms with Crippen LogP contribution in [0.5, 0.6) is 0 Å². The molecule has 1 aliphatic carbocycles. The van der Waals surface area contributed by atoms with Gasteiger partial charge in [-0.05, 0) is 37.8 Å². The van der Waals surface area contributed by atoms with Gasteiger partial charge in [-0.3, -0.25) is 0 Å². The van der Waals surface area contributed by atoms with Gasteiger partial charge in [-0.15, -0.1) is 15.3 Å². The fourth-order valence-electron chi connectivity index (χ4n) is 1.99. The van der Waals surface area contributed by atoms with Crippen LogP contribution in [0.25, 0.3) is 5.65 Å². The summed E-state index contributed by atoms with van der Waals surface area (Å²) >= 11 is 0. The van der Waals surface area contributed by atoms with Crippen LogP contribution in [0, 0.1) is 5.92 Å². The quantitative estimate of drug-likeness (QED) is 0.931. The van der Waals surface area contributed by atoms with Gasteiger partial charge in [0.05, 0.1) is 0 Å². The maximum absolute atomic E-state index is 12.7. The SMILES string of the molecule is CC(Nc1ccc2nnc(C(F)(F)F)n2n1)C1CC1. The molecule has 19 heavy (non-hydrogen) atoms. The van der Waals surface area contributed by atoms with E-state index >= 15 is 0 Å². The third-order valence-electron chi connectivity index (χ3n) is 3.22. The van der Waals surface area contributed by atoms with Crippen LogP contribution in [0.1, 0.15) is 25.6 Å². The highest BCUT2D eigenvalue weighted by Crippen LogP contribution is 2.34. The Kier molecular flexibility index (Phi) is 2.61. The molecule has 0 spiro atoms. The van der Waals surface area contributed by atoms with Crippen molar-refractivity contribution < 1.29 is 13.2 Å². The number of fused-ring (bicyclic) bond motifs is 1. The van der Waals surface area contributed by atoms with Crippen molar-refractivity contribution in [3.05, 3.63) is 18.0 Å². The lowest BCUT2D eigenvalue weighted by atomic mass is 10.2. The Bertz CT molecular complexity index is 602. The van der Waals surface area contributed by atoms with E-state index in [4.69, 9.17) is 0 Å². The first-order chi connectivity index (χ1) is 8.95. The molecular weight excluding hydrogens is 259 g/mol. The molecule has 1 fully saturated rings. The molecule has 1 saturated carbocycles. The molecule has 0 radical (unpaired) electrons. The van der Waals surface area contributed by atoms with Gasteiger partial charge in [0.15, 0.2) is 5.65 Å². The maximum atomic E-state index is 12.7. The minimum atomic E-state index is -4.56. The molecule has 1 unspecified atom stereocenters. The van der Waals surface area contributed by atoms with Crippen LogP contribution in [-0.4, -0.2) is 25.9 Å². The number of anilines is 1. The fourth-order valence-corrected chi connectivity index (χ4v) is 1.99. The monoisotopic (exact) mass is 271 g/mol. The molecule has 0 aromatic carbocycles. The van der Waals surface area contributed by atoms with Gasteiger partial charge in [0.1, 0.15) is 5.82 Å². The smallest absolute Gasteiger partial charge is 0.366 e. The van der Waals surface area contributed by atoms with Crippen molar-refractivity contribution in [2.75, 3.05) is 5.32 Å². The van der Waals surface area contributed by atoms with Gasteiger partial charge in [0.2, 0.25) is 0 Å². The number of rotatable bonds is 3. The molecule has 2 heterocycles. The first kappa shape index (κ1) is 12.2. The first-order valence-corrected chi connectivity index (χ1v) is 6.01. The highest BCUT2D eigenvalue weighted by molar-refractivity contribution is 5.44. The molecule has 3 rings (SSSR count). The summed E-state index contributed by atoms with van der Waals surface area (Å²) in [5, 5.41) is 13.6. The third-order valence-corrected chi connectivity index (χ3v) is 3.22. The lowest BCUT2D eigenvalue weighted by Gasteiger charge is -2.13. The number of hydrogen-bond acceptors (Lipinski definition) is 4. The van der Waals surface area contributed by atoms with Crippen LogP contribution in [0.2, 0.25) is 0 Å². The molecule has 2 aromatic heterocycles. The van der Waals surface area contributed by atoms with Crippen molar-refractivity contribution in [1.82, 2.24) is 19.8 Å². The second-order valence-electron chi connectivity index (χ2n) is 4.78. The van der Waals surface area contributed by atoms with E-state index in [0.29, 0.717) is 11.7 Å². The van der Waals surface area contributed by atoms with Gasteiger partial charge in [0, 0.05) is 6.04 Å². The number of hydrogen-bond donors (Lipinski definition) is 1. The molecule has 1 aliphatic rings. The number of aromatic nitrogens is 4. The van der Waals surface area contributed by atoms with Crippen LogP contribution in [0.4, 0.5) is 19.0 Å². The Balaban J connectivity index is 1.94. The summed E-state index contributed by atoms with van der Waals surface area (Å²) in [5.74, 6) is -0.122. The molecule has 1 atom stereocenters. The number of halogens is 3. The Hall–Kier alpha value is -1.86. The summed E-state index contributed by atoms with van der Waals surface area (Å²) < 4.78 is 38.8. The van der Waals surface area contributed by atoms with Crippen molar-refractivity contribution >= 4 is 11.5 Å². The lowest BCUT2D eigenvalue weighted by molar-refractivity contribution is -0.146. The molecule has 0 amide bonds. The molecule has 0 bridgehead atoms. The summed E-state index contributed by atoms with van der Waals surface area (Å²) in [6, 6.07) is 3.29. The van der Waals surface area contributed by atoms with Gasteiger partial charge in [-0.2, -0.15) is 17.7 Å². The van der Waals surface area contributed by atoms with Crippen LogP contribution in [-0.2, 0) is 6.18 Å². The van der Waals surface area contributed by atoms with Crippen molar-refractivity contribution in [3.8, 4) is 0 Å². The minimum absolute atomic E-state index is 0.0805. The highest BCUT2D eigenvalue weighted by Gasteiger charge is 2.37. The Morgan fingerprint density at radius 1 is 1.32 bits per heavy atom. The third kappa shape index (κ3) is 2.34. The predicted octanol–water partition coefficient (Wildman–Crippen LogP) is 2.35. The second-order valence-corrected chi connectivity index (χ2v) is 4.78. The standard InChI is InChI=1S/C11H12F3N5/c1-6(7-2-3-7)15-8-4-5-9-16-17-10(11(12,13)14)19(9)18-8/h4-7H,2-3H2,1H3,(H,15,18). The summed E-state index contributed by atoms with van der Waals surface area (Å²) in [6.45, 7) is 2.00. The Morgan fingerprint density at radius 3 is 2.68 bits per heavy atom. The van der Waals surface area contributed by atoms with E-state index in [0.717, 1.165) is 17.4 Å². The molecule has 102 valence electrons. The summed E-state index contributed by atoms with van der Waals surface area (Å²) in [7, 11) is 0. The molecule has 0 aliphatic heterocycles. The maximum Gasteiger partial charge on any atom is 0.453 e. The van der Waals surface area contributed by atoms with Gasteiger partial charge >= 0.3 is 6.18 Å². The molecule has 8 heteroatoms.